The summed E-state index contributed by atoms with van der Waals surface area (Å²) in [6.45, 7) is 4.10. The van der Waals surface area contributed by atoms with E-state index in [1.54, 1.807) is 6.92 Å². The van der Waals surface area contributed by atoms with Crippen molar-refractivity contribution < 1.29 is 9.85 Å². The van der Waals surface area contributed by atoms with E-state index in [0.29, 0.717) is 0 Å². The normalized spacial score (nSPS) is 13.9. The van der Waals surface area contributed by atoms with Gasteiger partial charge < -0.3 is 0 Å². The predicted molar refractivity (Wildman–Crippen MR) is 42.1 cm³/mol. The Morgan fingerprint density at radius 1 is 1.33 bits per heavy atom. The van der Waals surface area contributed by atoms with Gasteiger partial charge in [-0.2, -0.15) is 0 Å². The molecule has 0 aliphatic rings. The number of nitro groups is 2. The first-order valence-electron chi connectivity index (χ1n) is 3.62. The van der Waals surface area contributed by atoms with E-state index in [4.69, 9.17) is 0 Å². The van der Waals surface area contributed by atoms with E-state index in [0.717, 1.165) is 0 Å². The highest BCUT2D eigenvalue weighted by atomic mass is 16.6. The first-order valence-corrected chi connectivity index (χ1v) is 3.62. The Labute approximate surface area is 69.9 Å². The van der Waals surface area contributed by atoms with Gasteiger partial charge in [-0.3, -0.25) is 20.2 Å². The molecular formula is C6H12N2O4. The molecule has 0 aromatic carbocycles. The lowest BCUT2D eigenvalue weighted by Crippen LogP contribution is -2.47. The predicted octanol–water partition coefficient (Wildman–Crippen LogP) is 1.10. The quantitative estimate of drug-likeness (QED) is 0.474. The van der Waals surface area contributed by atoms with Crippen LogP contribution in [0.2, 0.25) is 0 Å². The van der Waals surface area contributed by atoms with Gasteiger partial charge in [0, 0.05) is 30.1 Å². The molecule has 0 aliphatic heterocycles. The van der Waals surface area contributed by atoms with Crippen LogP contribution in [0.1, 0.15) is 27.2 Å². The van der Waals surface area contributed by atoms with Gasteiger partial charge in [0.2, 0.25) is 0 Å². The van der Waals surface area contributed by atoms with Crippen LogP contribution in [0, 0.1) is 20.2 Å². The van der Waals surface area contributed by atoms with Gasteiger partial charge in [-0.1, -0.05) is 6.92 Å². The van der Waals surface area contributed by atoms with E-state index in [2.05, 4.69) is 0 Å². The van der Waals surface area contributed by atoms with Gasteiger partial charge >= 0.3 is 0 Å². The van der Waals surface area contributed by atoms with Crippen LogP contribution in [0.25, 0.3) is 0 Å². The van der Waals surface area contributed by atoms with Crippen LogP contribution in [0.3, 0.4) is 0 Å². The zero-order valence-corrected chi connectivity index (χ0v) is 7.31. The fourth-order valence-corrected chi connectivity index (χ4v) is 1.03. The second-order valence-electron chi connectivity index (χ2n) is 3.12. The summed E-state index contributed by atoms with van der Waals surface area (Å²) >= 11 is 0. The fourth-order valence-electron chi connectivity index (χ4n) is 1.03. The maximum absolute atomic E-state index is 10.4. The van der Waals surface area contributed by atoms with Gasteiger partial charge in [0.25, 0.3) is 11.6 Å². The standard InChI is InChI=1S/C6H12N2O4/c1-4-5(7(9)10)6(2,3)8(11)12/h5H,4H2,1-3H3. The van der Waals surface area contributed by atoms with Gasteiger partial charge in [-0.25, -0.2) is 0 Å². The summed E-state index contributed by atoms with van der Waals surface area (Å²) in [5.41, 5.74) is -1.49. The summed E-state index contributed by atoms with van der Waals surface area (Å²) in [6.07, 6.45) is 0.168. The summed E-state index contributed by atoms with van der Waals surface area (Å²) in [4.78, 5) is 19.6. The van der Waals surface area contributed by atoms with Crippen LogP contribution in [0.5, 0.6) is 0 Å². The Kier molecular flexibility index (Phi) is 3.12. The maximum atomic E-state index is 10.4. The van der Waals surface area contributed by atoms with Crippen molar-refractivity contribution in [1.29, 1.82) is 0 Å². The van der Waals surface area contributed by atoms with Gasteiger partial charge in [-0.05, 0) is 0 Å². The number of nitrogens with zero attached hydrogens (tertiary/aromatic N) is 2. The molecule has 0 bridgehead atoms. The van der Waals surface area contributed by atoms with E-state index in [1.165, 1.54) is 13.8 Å². The van der Waals surface area contributed by atoms with Crippen molar-refractivity contribution in [2.45, 2.75) is 38.8 Å². The van der Waals surface area contributed by atoms with Gasteiger partial charge in [0.15, 0.2) is 0 Å². The molecule has 0 aliphatic carbocycles. The summed E-state index contributed by atoms with van der Waals surface area (Å²) in [5.74, 6) is 0. The number of hydrogen-bond acceptors (Lipinski definition) is 4. The molecule has 0 amide bonds. The molecule has 0 fully saturated rings. The zero-order chi connectivity index (χ0) is 9.94. The number of hydrogen-bond donors (Lipinski definition) is 0. The van der Waals surface area contributed by atoms with Gasteiger partial charge in [-0.15, -0.1) is 0 Å². The van der Waals surface area contributed by atoms with Crippen LogP contribution >= 0.6 is 0 Å². The van der Waals surface area contributed by atoms with Crippen molar-refractivity contribution in [3.63, 3.8) is 0 Å². The molecule has 0 radical (unpaired) electrons. The van der Waals surface area contributed by atoms with Crippen LogP contribution < -0.4 is 0 Å². The molecule has 1 atom stereocenters. The lowest BCUT2D eigenvalue weighted by molar-refractivity contribution is -0.646. The molecule has 0 aromatic rings. The highest BCUT2D eigenvalue weighted by molar-refractivity contribution is 4.76. The van der Waals surface area contributed by atoms with Crippen molar-refractivity contribution in [1.82, 2.24) is 0 Å². The smallest absolute Gasteiger partial charge is 0.264 e. The SMILES string of the molecule is CCC([N+](=O)[O-])C(C)(C)[N+](=O)[O-]. The minimum atomic E-state index is -1.49. The third-order valence-corrected chi connectivity index (χ3v) is 1.93. The lowest BCUT2D eigenvalue weighted by Gasteiger charge is -2.18. The van der Waals surface area contributed by atoms with Gasteiger partial charge in [0.1, 0.15) is 0 Å². The highest BCUT2D eigenvalue weighted by Gasteiger charge is 2.48. The molecule has 0 spiro atoms. The molecule has 0 saturated heterocycles. The Morgan fingerprint density at radius 3 is 1.83 bits per heavy atom. The summed E-state index contributed by atoms with van der Waals surface area (Å²) < 4.78 is 0. The van der Waals surface area contributed by atoms with E-state index in [-0.39, 0.29) is 6.42 Å². The lowest BCUT2D eigenvalue weighted by atomic mass is 9.94. The Bertz CT molecular complexity index is 202. The molecule has 0 heterocycles. The Balaban J connectivity index is 4.71. The summed E-state index contributed by atoms with van der Waals surface area (Å²) in [7, 11) is 0. The zero-order valence-electron chi connectivity index (χ0n) is 7.31. The average molecular weight is 176 g/mol. The van der Waals surface area contributed by atoms with Crippen LogP contribution in [0.4, 0.5) is 0 Å². The molecule has 6 nitrogen and oxygen atoms in total. The second-order valence-corrected chi connectivity index (χ2v) is 3.12. The Hall–Kier alpha value is -1.20. The highest BCUT2D eigenvalue weighted by Crippen LogP contribution is 2.18. The third kappa shape index (κ3) is 1.90. The minimum absolute atomic E-state index is 0.168. The maximum Gasteiger partial charge on any atom is 0.282 e. The van der Waals surface area contributed by atoms with Crippen LogP contribution in [0.15, 0.2) is 0 Å². The molecule has 70 valence electrons. The van der Waals surface area contributed by atoms with Crippen LogP contribution in [-0.4, -0.2) is 21.4 Å². The molecule has 12 heavy (non-hydrogen) atoms. The van der Waals surface area contributed by atoms with E-state index >= 15 is 0 Å². The number of rotatable bonds is 4. The van der Waals surface area contributed by atoms with Crippen molar-refractivity contribution in [2.24, 2.45) is 0 Å². The first kappa shape index (κ1) is 10.8. The van der Waals surface area contributed by atoms with Crippen molar-refractivity contribution in [3.05, 3.63) is 20.2 Å². The molecule has 0 N–H and O–H groups in total. The molecule has 0 saturated carbocycles. The largest absolute Gasteiger partial charge is 0.282 e. The third-order valence-electron chi connectivity index (χ3n) is 1.93. The van der Waals surface area contributed by atoms with Crippen LogP contribution in [-0.2, 0) is 0 Å². The Morgan fingerprint density at radius 2 is 1.75 bits per heavy atom. The molecule has 0 rings (SSSR count). The summed E-state index contributed by atoms with van der Waals surface area (Å²) in [5, 5.41) is 20.8. The van der Waals surface area contributed by atoms with Gasteiger partial charge in [0.05, 0.1) is 0 Å². The molecule has 0 aromatic heterocycles. The van der Waals surface area contributed by atoms with Crippen molar-refractivity contribution in [2.75, 3.05) is 0 Å². The van der Waals surface area contributed by atoms with Crippen molar-refractivity contribution >= 4 is 0 Å². The molecular weight excluding hydrogens is 164 g/mol. The second kappa shape index (κ2) is 3.46. The minimum Gasteiger partial charge on any atom is -0.264 e. The van der Waals surface area contributed by atoms with E-state index < -0.39 is 21.4 Å². The average Bonchev–Trinajstić information content (AvgIpc) is 1.86. The molecule has 6 heteroatoms. The first-order chi connectivity index (χ1) is 5.34. The topological polar surface area (TPSA) is 86.3 Å². The van der Waals surface area contributed by atoms with Crippen molar-refractivity contribution in [3.8, 4) is 0 Å². The monoisotopic (exact) mass is 176 g/mol. The van der Waals surface area contributed by atoms with E-state index in [9.17, 15) is 20.2 Å². The van der Waals surface area contributed by atoms with E-state index in [1.807, 2.05) is 0 Å². The molecule has 1 unspecified atom stereocenters. The summed E-state index contributed by atoms with van der Waals surface area (Å²) in [6, 6.07) is -1.12. The fraction of sp³-hybridized carbons (Fsp3) is 1.00.